The first-order chi connectivity index (χ1) is 16.0. The van der Waals surface area contributed by atoms with Crippen molar-refractivity contribution in [3.05, 3.63) is 48.4 Å². The van der Waals surface area contributed by atoms with Crippen LogP contribution >= 0.6 is 0 Å². The van der Waals surface area contributed by atoms with Gasteiger partial charge in [-0.3, -0.25) is 0 Å². The SMILES string of the molecule is CNS(=O)(=O)C[C@@H]1CCC(N(C)c2ncnc3c2ccn3S(=O)(=O)c2ccc(C)cc2)C(C)C1. The fourth-order valence-corrected chi connectivity index (χ4v) is 7.37. The van der Waals surface area contributed by atoms with E-state index in [0.29, 0.717) is 16.9 Å². The van der Waals surface area contributed by atoms with Gasteiger partial charge in [0.15, 0.2) is 5.65 Å². The van der Waals surface area contributed by atoms with Crippen LogP contribution < -0.4 is 9.62 Å². The molecular weight excluding hydrogens is 474 g/mol. The molecule has 0 amide bonds. The van der Waals surface area contributed by atoms with Gasteiger partial charge in [0, 0.05) is 19.3 Å². The van der Waals surface area contributed by atoms with Crippen molar-refractivity contribution in [2.45, 2.75) is 44.0 Å². The Hall–Kier alpha value is -2.50. The number of hydrogen-bond donors (Lipinski definition) is 1. The monoisotopic (exact) mass is 505 g/mol. The molecule has 0 radical (unpaired) electrons. The summed E-state index contributed by atoms with van der Waals surface area (Å²) < 4.78 is 54.1. The van der Waals surface area contributed by atoms with E-state index in [2.05, 4.69) is 26.5 Å². The highest BCUT2D eigenvalue weighted by Gasteiger charge is 2.33. The molecule has 1 N–H and O–H groups in total. The van der Waals surface area contributed by atoms with E-state index in [1.807, 2.05) is 14.0 Å². The van der Waals surface area contributed by atoms with E-state index in [9.17, 15) is 16.8 Å². The Morgan fingerprint density at radius 1 is 1.09 bits per heavy atom. The summed E-state index contributed by atoms with van der Waals surface area (Å²) in [4.78, 5) is 11.1. The molecule has 4 rings (SSSR count). The van der Waals surface area contributed by atoms with Crippen LogP contribution in [0.1, 0.15) is 31.7 Å². The smallest absolute Gasteiger partial charge is 0.269 e. The van der Waals surface area contributed by atoms with Crippen LogP contribution in [0.3, 0.4) is 0 Å². The van der Waals surface area contributed by atoms with Crippen molar-refractivity contribution in [3.63, 3.8) is 0 Å². The number of rotatable bonds is 7. The topological polar surface area (TPSA) is 114 Å². The Kier molecular flexibility index (Phi) is 6.71. The molecule has 9 nitrogen and oxygen atoms in total. The maximum Gasteiger partial charge on any atom is 0.269 e. The molecule has 0 spiro atoms. The summed E-state index contributed by atoms with van der Waals surface area (Å²) >= 11 is 0. The van der Waals surface area contributed by atoms with Crippen LogP contribution in [-0.2, 0) is 20.0 Å². The van der Waals surface area contributed by atoms with Gasteiger partial charge < -0.3 is 4.90 Å². The summed E-state index contributed by atoms with van der Waals surface area (Å²) in [7, 11) is -3.64. The largest absolute Gasteiger partial charge is 0.356 e. The molecule has 11 heteroatoms. The quantitative estimate of drug-likeness (QED) is 0.525. The number of sulfonamides is 1. The molecule has 3 aromatic rings. The van der Waals surface area contributed by atoms with Gasteiger partial charge in [-0.25, -0.2) is 35.5 Å². The van der Waals surface area contributed by atoms with Crippen molar-refractivity contribution < 1.29 is 16.8 Å². The van der Waals surface area contributed by atoms with Gasteiger partial charge >= 0.3 is 0 Å². The summed E-state index contributed by atoms with van der Waals surface area (Å²) in [6, 6.07) is 8.63. The van der Waals surface area contributed by atoms with E-state index in [4.69, 9.17) is 0 Å². The van der Waals surface area contributed by atoms with Crippen LogP contribution in [0.2, 0.25) is 0 Å². The first-order valence-corrected chi connectivity index (χ1v) is 14.4. The summed E-state index contributed by atoms with van der Waals surface area (Å²) in [6.07, 6.45) is 5.35. The van der Waals surface area contributed by atoms with Gasteiger partial charge in [0.05, 0.1) is 16.0 Å². The Balaban J connectivity index is 1.61. The van der Waals surface area contributed by atoms with Crippen molar-refractivity contribution in [1.82, 2.24) is 18.7 Å². The molecule has 0 aliphatic heterocycles. The standard InChI is InChI=1S/C23H31N5O4S2/c1-16-5-8-19(9-6-16)34(31,32)28-12-11-20-22(25-15-26-23(20)28)27(4)21-10-7-18(13-17(21)2)14-33(29,30)24-3/h5-6,8-9,11-12,15,17-18,21,24H,7,10,13-14H2,1-4H3/t17?,18-,21?/m1/s1. The number of aromatic nitrogens is 3. The second kappa shape index (κ2) is 9.27. The van der Waals surface area contributed by atoms with Crippen molar-refractivity contribution in [2.24, 2.45) is 11.8 Å². The van der Waals surface area contributed by atoms with Crippen LogP contribution in [-0.4, -0.2) is 56.7 Å². The number of hydrogen-bond acceptors (Lipinski definition) is 7. The molecule has 184 valence electrons. The lowest BCUT2D eigenvalue weighted by atomic mass is 9.79. The van der Waals surface area contributed by atoms with Gasteiger partial charge in [-0.2, -0.15) is 0 Å². The van der Waals surface area contributed by atoms with Gasteiger partial charge in [-0.05, 0) is 63.3 Å². The second-order valence-electron chi connectivity index (χ2n) is 9.18. The molecule has 1 aliphatic carbocycles. The molecule has 2 heterocycles. The van der Waals surface area contributed by atoms with Crippen LogP contribution in [0, 0.1) is 18.8 Å². The first kappa shape index (κ1) is 24.6. The molecule has 3 atom stereocenters. The number of nitrogens with zero attached hydrogens (tertiary/aromatic N) is 4. The van der Waals surface area contributed by atoms with Crippen molar-refractivity contribution in [2.75, 3.05) is 24.7 Å². The van der Waals surface area contributed by atoms with Gasteiger partial charge in [0.1, 0.15) is 12.1 Å². The molecule has 34 heavy (non-hydrogen) atoms. The molecule has 1 saturated carbocycles. The normalized spacial score (nSPS) is 21.6. The van der Waals surface area contributed by atoms with E-state index in [-0.39, 0.29) is 28.5 Å². The molecule has 2 unspecified atom stereocenters. The van der Waals surface area contributed by atoms with Gasteiger partial charge in [-0.15, -0.1) is 0 Å². The molecule has 1 aromatic carbocycles. The predicted molar refractivity (Wildman–Crippen MR) is 133 cm³/mol. The average Bonchev–Trinajstić information content (AvgIpc) is 3.24. The summed E-state index contributed by atoms with van der Waals surface area (Å²) in [5.41, 5.74) is 1.31. The molecule has 1 aliphatic rings. The fourth-order valence-electron chi connectivity index (χ4n) is 4.98. The highest BCUT2D eigenvalue weighted by molar-refractivity contribution is 7.90. The molecule has 1 fully saturated rings. The zero-order valence-electron chi connectivity index (χ0n) is 19.8. The minimum atomic E-state index is -3.80. The number of benzene rings is 1. The van der Waals surface area contributed by atoms with Crippen molar-refractivity contribution in [3.8, 4) is 0 Å². The molecule has 0 bridgehead atoms. The summed E-state index contributed by atoms with van der Waals surface area (Å²) in [5.74, 6) is 1.17. The minimum Gasteiger partial charge on any atom is -0.356 e. The van der Waals surface area contributed by atoms with Gasteiger partial charge in [-0.1, -0.05) is 24.6 Å². The van der Waals surface area contributed by atoms with E-state index < -0.39 is 20.0 Å². The van der Waals surface area contributed by atoms with E-state index in [0.717, 1.165) is 24.8 Å². The zero-order valence-corrected chi connectivity index (χ0v) is 21.5. The third-order valence-electron chi connectivity index (χ3n) is 6.84. The maximum atomic E-state index is 13.3. The lowest BCUT2D eigenvalue weighted by molar-refractivity contribution is 0.258. The fraction of sp³-hybridized carbons (Fsp3) is 0.478. The van der Waals surface area contributed by atoms with E-state index >= 15 is 0 Å². The number of anilines is 1. The number of nitrogens with one attached hydrogen (secondary N) is 1. The molecule has 0 saturated heterocycles. The summed E-state index contributed by atoms with van der Waals surface area (Å²) in [5, 5.41) is 0.660. The third kappa shape index (κ3) is 4.69. The highest BCUT2D eigenvalue weighted by Crippen LogP contribution is 2.36. The number of aryl methyl sites for hydroxylation is 1. The molecular formula is C23H31N5O4S2. The van der Waals surface area contributed by atoms with Crippen LogP contribution in [0.25, 0.3) is 11.0 Å². The zero-order chi connectivity index (χ0) is 24.7. The van der Waals surface area contributed by atoms with E-state index in [1.165, 1.54) is 23.5 Å². The lowest BCUT2D eigenvalue weighted by Gasteiger charge is -2.40. The lowest BCUT2D eigenvalue weighted by Crippen LogP contribution is -2.43. The Labute approximate surface area is 201 Å². The maximum absolute atomic E-state index is 13.3. The Bertz CT molecular complexity index is 1380. The highest BCUT2D eigenvalue weighted by atomic mass is 32.2. The number of fused-ring (bicyclic) bond motifs is 1. The summed E-state index contributed by atoms with van der Waals surface area (Å²) in [6.45, 7) is 4.04. The van der Waals surface area contributed by atoms with Gasteiger partial charge in [0.25, 0.3) is 10.0 Å². The van der Waals surface area contributed by atoms with Crippen LogP contribution in [0.15, 0.2) is 47.8 Å². The Morgan fingerprint density at radius 2 is 1.79 bits per heavy atom. The Morgan fingerprint density at radius 3 is 2.44 bits per heavy atom. The predicted octanol–water partition coefficient (Wildman–Crippen LogP) is 2.77. The van der Waals surface area contributed by atoms with Gasteiger partial charge in [0.2, 0.25) is 10.0 Å². The minimum absolute atomic E-state index is 0.114. The van der Waals surface area contributed by atoms with Crippen LogP contribution in [0.4, 0.5) is 5.82 Å². The van der Waals surface area contributed by atoms with Crippen molar-refractivity contribution >= 4 is 36.9 Å². The van der Waals surface area contributed by atoms with Crippen molar-refractivity contribution in [1.29, 1.82) is 0 Å². The average molecular weight is 506 g/mol. The molecule has 2 aromatic heterocycles. The second-order valence-corrected chi connectivity index (χ2v) is 13.0. The third-order valence-corrected chi connectivity index (χ3v) is 10.0. The first-order valence-electron chi connectivity index (χ1n) is 11.3. The van der Waals surface area contributed by atoms with Crippen LogP contribution in [0.5, 0.6) is 0 Å². The van der Waals surface area contributed by atoms with E-state index in [1.54, 1.807) is 30.3 Å².